The Kier molecular flexibility index (Phi) is 4.14. The van der Waals surface area contributed by atoms with Crippen molar-refractivity contribution in [2.75, 3.05) is 13.7 Å². The maximum absolute atomic E-state index is 11.5. The van der Waals surface area contributed by atoms with Crippen LogP contribution in [0, 0.1) is 0 Å². The highest BCUT2D eigenvalue weighted by molar-refractivity contribution is 7.89. The molecule has 0 aliphatic heterocycles. The van der Waals surface area contributed by atoms with Gasteiger partial charge in [0, 0.05) is 0 Å². The van der Waals surface area contributed by atoms with E-state index in [4.69, 9.17) is 4.74 Å². The van der Waals surface area contributed by atoms with Crippen LogP contribution in [0.15, 0.2) is 23.1 Å². The van der Waals surface area contributed by atoms with Crippen LogP contribution < -0.4 is 9.46 Å². The van der Waals surface area contributed by atoms with Gasteiger partial charge in [0.2, 0.25) is 10.0 Å². The van der Waals surface area contributed by atoms with Crippen LogP contribution in [0.1, 0.15) is 13.3 Å². The Labute approximate surface area is 95.1 Å². The van der Waals surface area contributed by atoms with Gasteiger partial charge in [0.05, 0.1) is 6.61 Å². The predicted octanol–water partition coefficient (Wildman–Crippen LogP) is 1.09. The number of phenolic OH excluding ortho intramolecular Hbond substituents is 1. The van der Waals surface area contributed by atoms with E-state index in [-0.39, 0.29) is 16.4 Å². The second kappa shape index (κ2) is 5.18. The van der Waals surface area contributed by atoms with Gasteiger partial charge in [-0.25, -0.2) is 13.1 Å². The Balaban J connectivity index is 3.14. The van der Waals surface area contributed by atoms with Crippen molar-refractivity contribution in [3.8, 4) is 11.5 Å². The van der Waals surface area contributed by atoms with Crippen molar-refractivity contribution in [2.24, 2.45) is 0 Å². The lowest BCUT2D eigenvalue weighted by Gasteiger charge is -2.10. The lowest BCUT2D eigenvalue weighted by atomic mass is 10.3. The van der Waals surface area contributed by atoms with E-state index in [1.54, 1.807) is 0 Å². The van der Waals surface area contributed by atoms with Gasteiger partial charge >= 0.3 is 0 Å². The zero-order valence-electron chi connectivity index (χ0n) is 9.23. The van der Waals surface area contributed by atoms with Gasteiger partial charge in [-0.15, -0.1) is 0 Å². The third kappa shape index (κ3) is 2.65. The number of ether oxygens (including phenoxy) is 1. The Morgan fingerprint density at radius 3 is 2.69 bits per heavy atom. The van der Waals surface area contributed by atoms with E-state index in [2.05, 4.69) is 4.72 Å². The maximum atomic E-state index is 11.5. The van der Waals surface area contributed by atoms with Crippen LogP contribution in [0.25, 0.3) is 0 Å². The van der Waals surface area contributed by atoms with Crippen molar-refractivity contribution in [1.82, 2.24) is 4.72 Å². The van der Waals surface area contributed by atoms with E-state index < -0.39 is 10.0 Å². The van der Waals surface area contributed by atoms with Crippen molar-refractivity contribution in [2.45, 2.75) is 18.2 Å². The molecule has 1 rings (SSSR count). The van der Waals surface area contributed by atoms with E-state index in [9.17, 15) is 13.5 Å². The Morgan fingerprint density at radius 1 is 1.44 bits per heavy atom. The van der Waals surface area contributed by atoms with Crippen LogP contribution in [0.2, 0.25) is 0 Å². The van der Waals surface area contributed by atoms with Gasteiger partial charge in [0.1, 0.15) is 4.90 Å². The molecule has 0 aliphatic carbocycles. The number of nitrogens with one attached hydrogen (secondary N) is 1. The minimum atomic E-state index is -3.66. The smallest absolute Gasteiger partial charge is 0.244 e. The van der Waals surface area contributed by atoms with Gasteiger partial charge in [-0.1, -0.05) is 13.0 Å². The summed E-state index contributed by atoms with van der Waals surface area (Å²) < 4.78 is 30.4. The summed E-state index contributed by atoms with van der Waals surface area (Å²) in [6.45, 7) is 2.35. The third-order valence-electron chi connectivity index (χ3n) is 1.98. The second-order valence-electron chi connectivity index (χ2n) is 3.16. The van der Waals surface area contributed by atoms with E-state index in [0.717, 1.165) is 6.42 Å². The monoisotopic (exact) mass is 245 g/mol. The summed E-state index contributed by atoms with van der Waals surface area (Å²) in [5, 5.41) is 9.74. The third-order valence-corrected chi connectivity index (χ3v) is 3.43. The van der Waals surface area contributed by atoms with E-state index >= 15 is 0 Å². The summed E-state index contributed by atoms with van der Waals surface area (Å²) in [7, 11) is -2.37. The first-order valence-corrected chi connectivity index (χ1v) is 6.39. The standard InChI is InChI=1S/C10H15NO4S/c1-3-7-15-8-5-4-6-9(10(8)12)16(13,14)11-2/h4-6,11-12H,3,7H2,1-2H3. The Hall–Kier alpha value is -1.27. The number of hydrogen-bond acceptors (Lipinski definition) is 4. The fraction of sp³-hybridized carbons (Fsp3) is 0.400. The molecule has 90 valence electrons. The summed E-state index contributed by atoms with van der Waals surface area (Å²) in [6.07, 6.45) is 0.780. The predicted molar refractivity (Wildman–Crippen MR) is 60.1 cm³/mol. The molecule has 2 N–H and O–H groups in total. The molecule has 0 fully saturated rings. The van der Waals surface area contributed by atoms with Crippen LogP contribution in [-0.2, 0) is 10.0 Å². The summed E-state index contributed by atoms with van der Waals surface area (Å²) in [6, 6.07) is 4.37. The van der Waals surface area contributed by atoms with E-state index in [1.165, 1.54) is 25.2 Å². The molecule has 0 aromatic heterocycles. The lowest BCUT2D eigenvalue weighted by Crippen LogP contribution is -2.18. The zero-order valence-corrected chi connectivity index (χ0v) is 10.0. The zero-order chi connectivity index (χ0) is 12.2. The van der Waals surface area contributed by atoms with Crippen LogP contribution >= 0.6 is 0 Å². The lowest BCUT2D eigenvalue weighted by molar-refractivity contribution is 0.296. The molecule has 0 saturated carbocycles. The quantitative estimate of drug-likeness (QED) is 0.814. The molecule has 0 amide bonds. The Morgan fingerprint density at radius 2 is 2.12 bits per heavy atom. The highest BCUT2D eigenvalue weighted by Crippen LogP contribution is 2.32. The molecular formula is C10H15NO4S. The topological polar surface area (TPSA) is 75.6 Å². The SMILES string of the molecule is CCCOc1cccc(S(=O)(=O)NC)c1O. The van der Waals surface area contributed by atoms with Crippen molar-refractivity contribution >= 4 is 10.0 Å². The fourth-order valence-electron chi connectivity index (χ4n) is 1.16. The molecule has 0 unspecified atom stereocenters. The number of phenols is 1. The highest BCUT2D eigenvalue weighted by atomic mass is 32.2. The molecule has 16 heavy (non-hydrogen) atoms. The van der Waals surface area contributed by atoms with Crippen LogP contribution in [-0.4, -0.2) is 27.2 Å². The minimum absolute atomic E-state index is 0.177. The van der Waals surface area contributed by atoms with Gasteiger partial charge in [-0.05, 0) is 25.6 Å². The molecule has 0 heterocycles. The molecule has 1 aromatic rings. The first-order chi connectivity index (χ1) is 7.53. The molecule has 0 radical (unpaired) electrons. The molecule has 0 atom stereocenters. The number of benzene rings is 1. The van der Waals surface area contributed by atoms with Crippen molar-refractivity contribution in [1.29, 1.82) is 0 Å². The normalized spacial score (nSPS) is 11.4. The Bertz CT molecular complexity index is 456. The van der Waals surface area contributed by atoms with Gasteiger partial charge in [0.15, 0.2) is 11.5 Å². The van der Waals surface area contributed by atoms with Crippen LogP contribution in [0.3, 0.4) is 0 Å². The number of para-hydroxylation sites is 1. The summed E-state index contributed by atoms with van der Waals surface area (Å²) in [4.78, 5) is -0.177. The number of aromatic hydroxyl groups is 1. The number of rotatable bonds is 5. The fourth-order valence-corrected chi connectivity index (χ4v) is 1.99. The molecule has 0 aliphatic rings. The van der Waals surface area contributed by atoms with Crippen molar-refractivity contribution in [3.05, 3.63) is 18.2 Å². The summed E-state index contributed by atoms with van der Waals surface area (Å²) in [5.74, 6) is -0.177. The minimum Gasteiger partial charge on any atom is -0.503 e. The largest absolute Gasteiger partial charge is 0.503 e. The molecule has 5 nitrogen and oxygen atoms in total. The first kappa shape index (κ1) is 12.8. The molecule has 0 bridgehead atoms. The van der Waals surface area contributed by atoms with Gasteiger partial charge < -0.3 is 9.84 Å². The molecule has 0 saturated heterocycles. The molecule has 6 heteroatoms. The van der Waals surface area contributed by atoms with Crippen molar-refractivity contribution in [3.63, 3.8) is 0 Å². The summed E-state index contributed by atoms with van der Waals surface area (Å²) in [5.41, 5.74) is 0. The van der Waals surface area contributed by atoms with E-state index in [1.807, 2.05) is 6.92 Å². The molecule has 0 spiro atoms. The summed E-state index contributed by atoms with van der Waals surface area (Å²) >= 11 is 0. The van der Waals surface area contributed by atoms with Crippen LogP contribution in [0.5, 0.6) is 11.5 Å². The van der Waals surface area contributed by atoms with Crippen molar-refractivity contribution < 1.29 is 18.3 Å². The first-order valence-electron chi connectivity index (χ1n) is 4.91. The second-order valence-corrected chi connectivity index (χ2v) is 5.01. The molecule has 1 aromatic carbocycles. The maximum Gasteiger partial charge on any atom is 0.244 e. The molecular weight excluding hydrogens is 230 g/mol. The van der Waals surface area contributed by atoms with Crippen LogP contribution in [0.4, 0.5) is 0 Å². The highest BCUT2D eigenvalue weighted by Gasteiger charge is 2.19. The number of sulfonamides is 1. The van der Waals surface area contributed by atoms with E-state index in [0.29, 0.717) is 6.61 Å². The average molecular weight is 245 g/mol. The van der Waals surface area contributed by atoms with Gasteiger partial charge in [0.25, 0.3) is 0 Å². The van der Waals surface area contributed by atoms with Gasteiger partial charge in [-0.3, -0.25) is 0 Å². The van der Waals surface area contributed by atoms with Gasteiger partial charge in [-0.2, -0.15) is 0 Å². The number of hydrogen-bond donors (Lipinski definition) is 2. The average Bonchev–Trinajstić information content (AvgIpc) is 2.27.